The van der Waals surface area contributed by atoms with Gasteiger partial charge >= 0.3 is 5.97 Å². The Morgan fingerprint density at radius 3 is 2.74 bits per heavy atom. The number of nitrogens with one attached hydrogen (secondary N) is 1. The number of carbonyl (C=O) groups excluding carboxylic acids is 2. The maximum atomic E-state index is 12.2. The quantitative estimate of drug-likeness (QED) is 0.760. The summed E-state index contributed by atoms with van der Waals surface area (Å²) in [4.78, 5) is 36.0. The molecular weight excluding hydrogens is 372 g/mol. The molecule has 9 heteroatoms. The summed E-state index contributed by atoms with van der Waals surface area (Å²) >= 11 is 5.91. The van der Waals surface area contributed by atoms with E-state index in [1.807, 2.05) is 13.0 Å². The normalized spacial score (nSPS) is 11.3. The Balaban J connectivity index is 2.04. The van der Waals surface area contributed by atoms with Gasteiger partial charge in [-0.15, -0.1) is 0 Å². The lowest BCUT2D eigenvalue weighted by molar-refractivity contribution is -0.123. The summed E-state index contributed by atoms with van der Waals surface area (Å²) in [6.07, 6.45) is -0.433. The molecule has 140 valence electrons. The third-order valence-electron chi connectivity index (χ3n) is 3.52. The van der Waals surface area contributed by atoms with E-state index in [4.69, 9.17) is 21.6 Å². The summed E-state index contributed by atoms with van der Waals surface area (Å²) in [6.45, 7) is 3.65. The minimum absolute atomic E-state index is 0.0656. The zero-order valence-electron chi connectivity index (χ0n) is 14.7. The van der Waals surface area contributed by atoms with Gasteiger partial charge in [0.25, 0.3) is 11.5 Å². The van der Waals surface area contributed by atoms with Crippen LogP contribution in [0.1, 0.15) is 36.3 Å². The molecule has 8 nitrogen and oxygen atoms in total. The number of nitriles is 1. The Hall–Kier alpha value is -3.18. The highest BCUT2D eigenvalue weighted by atomic mass is 35.5. The molecule has 1 unspecified atom stereocenters. The van der Waals surface area contributed by atoms with E-state index in [9.17, 15) is 14.4 Å². The largest absolute Gasteiger partial charge is 0.448 e. The monoisotopic (exact) mass is 388 g/mol. The van der Waals surface area contributed by atoms with E-state index in [0.29, 0.717) is 18.7 Å². The molecule has 2 rings (SSSR count). The molecule has 1 aromatic carbocycles. The second kappa shape index (κ2) is 8.96. The summed E-state index contributed by atoms with van der Waals surface area (Å²) < 4.78 is 6.27. The number of carbonyl (C=O) groups is 2. The van der Waals surface area contributed by atoms with Crippen molar-refractivity contribution < 1.29 is 14.3 Å². The second-order valence-electron chi connectivity index (χ2n) is 5.62. The maximum Gasteiger partial charge on any atom is 0.359 e. The number of amides is 1. The number of aromatic nitrogens is 2. The number of halogens is 1. The summed E-state index contributed by atoms with van der Waals surface area (Å²) in [5, 5.41) is 15.5. The van der Waals surface area contributed by atoms with Gasteiger partial charge in [0.15, 0.2) is 11.8 Å². The molecule has 2 aromatic rings. The number of anilines is 1. The summed E-state index contributed by atoms with van der Waals surface area (Å²) in [5.41, 5.74) is 0.255. The number of benzene rings is 1. The summed E-state index contributed by atoms with van der Waals surface area (Å²) in [5.74, 6) is -1.40. The van der Waals surface area contributed by atoms with E-state index in [-0.39, 0.29) is 21.8 Å². The van der Waals surface area contributed by atoms with Gasteiger partial charge in [0.05, 0.1) is 10.6 Å². The highest BCUT2D eigenvalue weighted by Gasteiger charge is 2.21. The molecule has 0 saturated heterocycles. The van der Waals surface area contributed by atoms with Gasteiger partial charge in [-0.1, -0.05) is 18.5 Å². The minimum Gasteiger partial charge on any atom is -0.448 e. The molecule has 0 aliphatic rings. The number of hydrogen-bond donors (Lipinski definition) is 1. The van der Waals surface area contributed by atoms with Crippen molar-refractivity contribution >= 4 is 29.2 Å². The van der Waals surface area contributed by atoms with Crippen LogP contribution in [0.3, 0.4) is 0 Å². The minimum atomic E-state index is -1.11. The van der Waals surface area contributed by atoms with Gasteiger partial charge in [0.2, 0.25) is 0 Å². The van der Waals surface area contributed by atoms with Crippen molar-refractivity contribution in [3.8, 4) is 6.07 Å². The molecule has 1 atom stereocenters. The van der Waals surface area contributed by atoms with Crippen LogP contribution in [0.15, 0.2) is 35.1 Å². The van der Waals surface area contributed by atoms with Crippen molar-refractivity contribution in [2.24, 2.45) is 0 Å². The lowest BCUT2D eigenvalue weighted by Crippen LogP contribution is -2.31. The molecule has 0 radical (unpaired) electrons. The fourth-order valence-corrected chi connectivity index (χ4v) is 2.35. The van der Waals surface area contributed by atoms with Crippen LogP contribution < -0.4 is 10.9 Å². The molecule has 1 amide bonds. The third kappa shape index (κ3) is 5.15. The molecule has 0 aliphatic heterocycles. The Bertz CT molecular complexity index is 965. The topological polar surface area (TPSA) is 114 Å². The smallest absolute Gasteiger partial charge is 0.359 e. The zero-order chi connectivity index (χ0) is 20.0. The highest BCUT2D eigenvalue weighted by Crippen LogP contribution is 2.20. The van der Waals surface area contributed by atoms with Crippen molar-refractivity contribution in [3.05, 3.63) is 57.0 Å². The van der Waals surface area contributed by atoms with Gasteiger partial charge in [-0.05, 0) is 37.6 Å². The van der Waals surface area contributed by atoms with Crippen LogP contribution in [0.5, 0.6) is 0 Å². The molecule has 0 spiro atoms. The Morgan fingerprint density at radius 2 is 2.11 bits per heavy atom. The van der Waals surface area contributed by atoms with Crippen LogP contribution in [0.2, 0.25) is 5.02 Å². The van der Waals surface area contributed by atoms with Crippen molar-refractivity contribution in [1.82, 2.24) is 9.78 Å². The average Bonchev–Trinajstić information content (AvgIpc) is 2.63. The first-order valence-corrected chi connectivity index (χ1v) is 8.53. The summed E-state index contributed by atoms with van der Waals surface area (Å²) in [7, 11) is 0. The highest BCUT2D eigenvalue weighted by molar-refractivity contribution is 6.32. The van der Waals surface area contributed by atoms with Crippen LogP contribution in [0.4, 0.5) is 5.69 Å². The fourth-order valence-electron chi connectivity index (χ4n) is 2.13. The van der Waals surface area contributed by atoms with E-state index < -0.39 is 18.0 Å². The number of hydrogen-bond acceptors (Lipinski definition) is 6. The number of ether oxygens (including phenoxy) is 1. The zero-order valence-corrected chi connectivity index (χ0v) is 15.5. The van der Waals surface area contributed by atoms with Crippen molar-refractivity contribution in [1.29, 1.82) is 5.26 Å². The maximum absolute atomic E-state index is 12.2. The third-order valence-corrected chi connectivity index (χ3v) is 3.83. The average molecular weight is 389 g/mol. The SMILES string of the molecule is CCCn1nc(C(=O)OC(C)C(=O)Nc2ccc(C#N)c(Cl)c2)ccc1=O. The first kappa shape index (κ1) is 20.1. The van der Waals surface area contributed by atoms with Crippen LogP contribution in [-0.4, -0.2) is 27.8 Å². The van der Waals surface area contributed by atoms with E-state index in [2.05, 4.69) is 10.4 Å². The van der Waals surface area contributed by atoms with Crippen LogP contribution in [0.25, 0.3) is 0 Å². The van der Waals surface area contributed by atoms with Crippen molar-refractivity contribution in [3.63, 3.8) is 0 Å². The number of aryl methyl sites for hydroxylation is 1. The van der Waals surface area contributed by atoms with Gasteiger partial charge < -0.3 is 10.1 Å². The standard InChI is InChI=1S/C18H17ClN4O4/c1-3-8-23-16(24)7-6-15(22-23)18(26)27-11(2)17(25)21-13-5-4-12(10-20)14(19)9-13/h4-7,9,11H,3,8H2,1-2H3,(H,21,25). The molecule has 0 aliphatic carbocycles. The van der Waals surface area contributed by atoms with E-state index in [1.165, 1.54) is 41.9 Å². The fraction of sp³-hybridized carbons (Fsp3) is 0.278. The lowest BCUT2D eigenvalue weighted by Gasteiger charge is -2.14. The molecular formula is C18H17ClN4O4. The van der Waals surface area contributed by atoms with Gasteiger partial charge in [-0.25, -0.2) is 9.48 Å². The first-order chi connectivity index (χ1) is 12.8. The molecule has 27 heavy (non-hydrogen) atoms. The first-order valence-electron chi connectivity index (χ1n) is 8.15. The predicted octanol–water partition coefficient (Wildman–Crippen LogP) is 2.36. The van der Waals surface area contributed by atoms with E-state index in [0.717, 1.165) is 0 Å². The number of esters is 1. The van der Waals surface area contributed by atoms with Gasteiger partial charge in [0, 0.05) is 18.3 Å². The Labute approximate surface area is 160 Å². The summed E-state index contributed by atoms with van der Waals surface area (Å²) in [6, 6.07) is 8.80. The lowest BCUT2D eigenvalue weighted by atomic mass is 10.2. The van der Waals surface area contributed by atoms with Crippen LogP contribution in [0, 0.1) is 11.3 Å². The molecule has 0 bridgehead atoms. The number of rotatable bonds is 6. The second-order valence-corrected chi connectivity index (χ2v) is 6.03. The van der Waals surface area contributed by atoms with Crippen LogP contribution in [-0.2, 0) is 16.1 Å². The van der Waals surface area contributed by atoms with Crippen molar-refractivity contribution in [2.75, 3.05) is 5.32 Å². The predicted molar refractivity (Wildman–Crippen MR) is 98.5 cm³/mol. The van der Waals surface area contributed by atoms with Gasteiger partial charge in [-0.3, -0.25) is 9.59 Å². The molecule has 0 fully saturated rings. The van der Waals surface area contributed by atoms with Gasteiger partial charge in [0.1, 0.15) is 6.07 Å². The Kier molecular flexibility index (Phi) is 6.68. The van der Waals surface area contributed by atoms with E-state index >= 15 is 0 Å². The molecule has 1 N–H and O–H groups in total. The van der Waals surface area contributed by atoms with Crippen molar-refractivity contribution in [2.45, 2.75) is 32.9 Å². The van der Waals surface area contributed by atoms with E-state index in [1.54, 1.807) is 0 Å². The molecule has 1 aromatic heterocycles. The molecule has 1 heterocycles. The Morgan fingerprint density at radius 1 is 1.37 bits per heavy atom. The molecule has 0 saturated carbocycles. The van der Waals surface area contributed by atoms with Gasteiger partial charge in [-0.2, -0.15) is 10.4 Å². The van der Waals surface area contributed by atoms with Crippen LogP contribution >= 0.6 is 11.6 Å². The number of nitrogens with zero attached hydrogens (tertiary/aromatic N) is 3.